The molecule has 2 atom stereocenters. The van der Waals surface area contributed by atoms with Crippen LogP contribution in [0.15, 0.2) is 48.5 Å². The molecule has 1 aliphatic heterocycles. The van der Waals surface area contributed by atoms with Crippen LogP contribution in [0.25, 0.3) is 0 Å². The molecule has 3 rings (SSSR count). The second-order valence-electron chi connectivity index (χ2n) is 8.59. The molecule has 0 amide bonds. The molecular formula is C26H32FNO2. The lowest BCUT2D eigenvalue weighted by molar-refractivity contribution is -0.118. The molecule has 2 aromatic carbocycles. The summed E-state index contributed by atoms with van der Waals surface area (Å²) in [5.41, 5.74) is 2.80. The summed E-state index contributed by atoms with van der Waals surface area (Å²) in [4.78, 5) is 23.8. The maximum atomic E-state index is 13.1. The zero-order chi connectivity index (χ0) is 21.3. The first kappa shape index (κ1) is 22.4. The number of Topliss-reactive ketones (excluding diaryl/α,β-unsaturated/α-hetero) is 2. The van der Waals surface area contributed by atoms with Crippen LogP contribution in [0.4, 0.5) is 4.39 Å². The summed E-state index contributed by atoms with van der Waals surface area (Å²) in [5.74, 6) is 0.725. The first-order chi connectivity index (χ1) is 14.5. The van der Waals surface area contributed by atoms with Crippen molar-refractivity contribution in [3.63, 3.8) is 0 Å². The van der Waals surface area contributed by atoms with E-state index in [1.54, 1.807) is 25.1 Å². The van der Waals surface area contributed by atoms with Gasteiger partial charge in [0.15, 0.2) is 5.78 Å². The molecule has 30 heavy (non-hydrogen) atoms. The van der Waals surface area contributed by atoms with Crippen LogP contribution in [0, 0.1) is 11.7 Å². The second kappa shape index (κ2) is 11.2. The largest absolute Gasteiger partial charge is 0.314 e. The third-order valence-corrected chi connectivity index (χ3v) is 6.03. The van der Waals surface area contributed by atoms with Crippen LogP contribution < -0.4 is 5.32 Å². The Morgan fingerprint density at radius 3 is 2.63 bits per heavy atom. The fourth-order valence-corrected chi connectivity index (χ4v) is 4.38. The van der Waals surface area contributed by atoms with Gasteiger partial charge in [-0.15, -0.1) is 0 Å². The summed E-state index contributed by atoms with van der Waals surface area (Å²) in [6, 6.07) is 14.8. The third kappa shape index (κ3) is 7.17. The van der Waals surface area contributed by atoms with Crippen molar-refractivity contribution < 1.29 is 14.0 Å². The van der Waals surface area contributed by atoms with E-state index < -0.39 is 0 Å². The molecule has 0 bridgehead atoms. The number of hydrogen-bond donors (Lipinski definition) is 1. The quantitative estimate of drug-likeness (QED) is 0.427. The van der Waals surface area contributed by atoms with Crippen molar-refractivity contribution in [2.45, 2.75) is 64.3 Å². The van der Waals surface area contributed by atoms with Crippen LogP contribution in [-0.4, -0.2) is 24.2 Å². The standard InChI is InChI=1S/C26H32FNO2/c1-19(29)23-6-4-5-21(16-23)18-26(30)8-3-2-7-25-17-22(13-14-28-25)15-20-9-11-24(27)12-10-20/h4-6,9-12,16,22,25,28H,2-3,7-8,13-15,17-18H2,1H3/t22-,25-/m0/s1. The van der Waals surface area contributed by atoms with E-state index in [0.717, 1.165) is 50.6 Å². The Labute approximate surface area is 179 Å². The van der Waals surface area contributed by atoms with E-state index in [1.165, 1.54) is 5.56 Å². The van der Waals surface area contributed by atoms with Gasteiger partial charge in [-0.25, -0.2) is 4.39 Å². The van der Waals surface area contributed by atoms with Crippen molar-refractivity contribution in [3.8, 4) is 0 Å². The third-order valence-electron chi connectivity index (χ3n) is 6.03. The Hall–Kier alpha value is -2.33. The van der Waals surface area contributed by atoms with Crippen molar-refractivity contribution in [3.05, 3.63) is 71.0 Å². The molecule has 0 aliphatic carbocycles. The van der Waals surface area contributed by atoms with Gasteiger partial charge in [-0.3, -0.25) is 9.59 Å². The van der Waals surface area contributed by atoms with Crippen molar-refractivity contribution in [2.24, 2.45) is 5.92 Å². The molecule has 0 aromatic heterocycles. The van der Waals surface area contributed by atoms with Crippen LogP contribution in [0.2, 0.25) is 0 Å². The molecule has 4 heteroatoms. The molecule has 1 aliphatic rings. The summed E-state index contributed by atoms with van der Waals surface area (Å²) in [7, 11) is 0. The lowest BCUT2D eigenvalue weighted by atomic mass is 9.85. The number of rotatable bonds is 10. The Kier molecular flexibility index (Phi) is 8.32. The minimum Gasteiger partial charge on any atom is -0.314 e. The van der Waals surface area contributed by atoms with E-state index in [4.69, 9.17) is 0 Å². The minimum absolute atomic E-state index is 0.0296. The van der Waals surface area contributed by atoms with Crippen molar-refractivity contribution in [1.29, 1.82) is 0 Å². The van der Waals surface area contributed by atoms with E-state index in [0.29, 0.717) is 30.4 Å². The summed E-state index contributed by atoms with van der Waals surface area (Å²) < 4.78 is 13.1. The Morgan fingerprint density at radius 1 is 1.07 bits per heavy atom. The molecule has 1 saturated heterocycles. The molecule has 0 saturated carbocycles. The molecule has 3 nitrogen and oxygen atoms in total. The fourth-order valence-electron chi connectivity index (χ4n) is 4.38. The van der Waals surface area contributed by atoms with Gasteiger partial charge in [0.1, 0.15) is 11.6 Å². The maximum Gasteiger partial charge on any atom is 0.159 e. The number of ketones is 2. The van der Waals surface area contributed by atoms with Gasteiger partial charge < -0.3 is 5.32 Å². The zero-order valence-corrected chi connectivity index (χ0v) is 17.8. The molecule has 160 valence electrons. The van der Waals surface area contributed by atoms with E-state index in [1.807, 2.05) is 30.3 Å². The molecule has 2 aromatic rings. The van der Waals surface area contributed by atoms with Crippen molar-refractivity contribution in [1.82, 2.24) is 5.32 Å². The molecular weight excluding hydrogens is 377 g/mol. The maximum absolute atomic E-state index is 13.1. The Morgan fingerprint density at radius 2 is 1.87 bits per heavy atom. The SMILES string of the molecule is CC(=O)c1cccc(CC(=O)CCCC[C@H]2C[C@H](Cc3ccc(F)cc3)CCN2)c1. The molecule has 0 spiro atoms. The zero-order valence-electron chi connectivity index (χ0n) is 17.8. The van der Waals surface area contributed by atoms with Gasteiger partial charge in [0.2, 0.25) is 0 Å². The summed E-state index contributed by atoms with van der Waals surface area (Å²) >= 11 is 0. The summed E-state index contributed by atoms with van der Waals surface area (Å²) in [5, 5.41) is 3.61. The van der Waals surface area contributed by atoms with Gasteiger partial charge in [-0.05, 0) is 80.8 Å². The van der Waals surface area contributed by atoms with E-state index >= 15 is 0 Å². The Balaban J connectivity index is 1.35. The molecule has 1 heterocycles. The number of piperidine rings is 1. The van der Waals surface area contributed by atoms with Gasteiger partial charge in [0, 0.05) is 24.4 Å². The van der Waals surface area contributed by atoms with E-state index in [2.05, 4.69) is 5.32 Å². The van der Waals surface area contributed by atoms with Crippen LogP contribution in [0.3, 0.4) is 0 Å². The van der Waals surface area contributed by atoms with Gasteiger partial charge in [-0.1, -0.05) is 36.8 Å². The average Bonchev–Trinajstić information content (AvgIpc) is 2.73. The second-order valence-corrected chi connectivity index (χ2v) is 8.59. The van der Waals surface area contributed by atoms with Gasteiger partial charge in [0.05, 0.1) is 0 Å². The van der Waals surface area contributed by atoms with Crippen LogP contribution in [-0.2, 0) is 17.6 Å². The Bertz CT molecular complexity index is 846. The van der Waals surface area contributed by atoms with E-state index in [-0.39, 0.29) is 17.4 Å². The van der Waals surface area contributed by atoms with Crippen LogP contribution >= 0.6 is 0 Å². The summed E-state index contributed by atoms with van der Waals surface area (Å²) in [6.07, 6.45) is 7.35. The lowest BCUT2D eigenvalue weighted by Gasteiger charge is -2.30. The van der Waals surface area contributed by atoms with Crippen molar-refractivity contribution in [2.75, 3.05) is 6.54 Å². The lowest BCUT2D eigenvalue weighted by Crippen LogP contribution is -2.38. The summed E-state index contributed by atoms with van der Waals surface area (Å²) in [6.45, 7) is 2.58. The highest BCUT2D eigenvalue weighted by molar-refractivity contribution is 5.94. The van der Waals surface area contributed by atoms with Crippen LogP contribution in [0.5, 0.6) is 0 Å². The number of unbranched alkanes of at least 4 members (excludes halogenated alkanes) is 1. The minimum atomic E-state index is -0.178. The first-order valence-electron chi connectivity index (χ1n) is 11.1. The first-order valence-corrected chi connectivity index (χ1v) is 11.1. The number of carbonyl (C=O) groups excluding carboxylic acids is 2. The highest BCUT2D eigenvalue weighted by atomic mass is 19.1. The number of hydrogen-bond acceptors (Lipinski definition) is 3. The average molecular weight is 410 g/mol. The number of carbonyl (C=O) groups is 2. The van der Waals surface area contributed by atoms with Crippen molar-refractivity contribution >= 4 is 11.6 Å². The molecule has 1 N–H and O–H groups in total. The normalized spacial score (nSPS) is 18.9. The molecule has 0 radical (unpaired) electrons. The number of benzene rings is 2. The fraction of sp³-hybridized carbons (Fsp3) is 0.462. The molecule has 1 fully saturated rings. The van der Waals surface area contributed by atoms with Gasteiger partial charge in [-0.2, -0.15) is 0 Å². The van der Waals surface area contributed by atoms with Crippen LogP contribution in [0.1, 0.15) is 66.9 Å². The number of nitrogens with one attached hydrogen (secondary N) is 1. The molecule has 0 unspecified atom stereocenters. The monoisotopic (exact) mass is 409 g/mol. The van der Waals surface area contributed by atoms with Gasteiger partial charge in [0.25, 0.3) is 0 Å². The predicted octanol–water partition coefficient (Wildman–Crippen LogP) is 5.31. The predicted molar refractivity (Wildman–Crippen MR) is 118 cm³/mol. The number of halogens is 1. The highest BCUT2D eigenvalue weighted by Crippen LogP contribution is 2.24. The van der Waals surface area contributed by atoms with Gasteiger partial charge >= 0.3 is 0 Å². The smallest absolute Gasteiger partial charge is 0.159 e. The highest BCUT2D eigenvalue weighted by Gasteiger charge is 2.21. The topological polar surface area (TPSA) is 46.2 Å². The van der Waals surface area contributed by atoms with E-state index in [9.17, 15) is 14.0 Å².